The average Bonchev–Trinajstić information content (AvgIpc) is 2.14. The van der Waals surface area contributed by atoms with Gasteiger partial charge in [-0.1, -0.05) is 52.3 Å². The maximum atomic E-state index is 4.50. The third-order valence-corrected chi connectivity index (χ3v) is 0.667. The quantitative estimate of drug-likeness (QED) is 0.450. The topological polar surface area (TPSA) is 26.0 Å². The number of nitrogens with two attached hydrogens (primary N) is 1. The zero-order chi connectivity index (χ0) is 8.24. The number of benzene rings is 1. The molecule has 0 aliphatic carbocycles. The third kappa shape index (κ3) is 17.9. The van der Waals surface area contributed by atoms with Gasteiger partial charge in [0.05, 0.1) is 0 Å². The van der Waals surface area contributed by atoms with Crippen LogP contribution in [0.1, 0.15) is 1.43 Å². The summed E-state index contributed by atoms with van der Waals surface area (Å²) >= 11 is 2.94. The summed E-state index contributed by atoms with van der Waals surface area (Å²) in [5, 5.41) is 0. The summed E-state index contributed by atoms with van der Waals surface area (Å²) in [5.74, 6) is 1.81. The van der Waals surface area contributed by atoms with Gasteiger partial charge >= 0.3 is 18.9 Å². The van der Waals surface area contributed by atoms with Gasteiger partial charge in [0.15, 0.2) is 0 Å². The molecule has 0 atom stereocenters. The van der Waals surface area contributed by atoms with E-state index in [1.807, 2.05) is 42.2 Å². The van der Waals surface area contributed by atoms with Crippen LogP contribution in [-0.4, -0.2) is 12.9 Å². The van der Waals surface area contributed by atoms with Crippen molar-refractivity contribution in [2.75, 3.05) is 12.9 Å². The van der Waals surface area contributed by atoms with Crippen molar-refractivity contribution in [1.82, 2.24) is 0 Å². The minimum atomic E-state index is 0. The maximum Gasteiger partial charge on any atom is 1.00 e. The van der Waals surface area contributed by atoms with Crippen molar-refractivity contribution >= 4 is 15.9 Å². The summed E-state index contributed by atoms with van der Waals surface area (Å²) in [4.78, 5) is 0. The molecule has 0 radical (unpaired) electrons. The van der Waals surface area contributed by atoms with Crippen LogP contribution in [0.5, 0.6) is 0 Å². The molecule has 1 nitrogen and oxygen atoms in total. The number of alkyl halides is 1. The molecule has 3 heteroatoms. The second-order valence-electron chi connectivity index (χ2n) is 1.15. The van der Waals surface area contributed by atoms with Crippen molar-refractivity contribution < 1.29 is 20.3 Å². The summed E-state index contributed by atoms with van der Waals surface area (Å²) in [6, 6.07) is 12.0. The molecule has 1 aromatic rings. The predicted molar refractivity (Wildman–Crippen MR) is 52.5 cm³/mol. The van der Waals surface area contributed by atoms with Crippen molar-refractivity contribution in [3.05, 3.63) is 36.4 Å². The Hall–Kier alpha value is 0.257. The Kier molecular flexibility index (Phi) is 35.5. The Morgan fingerprint density at radius 2 is 0.909 bits per heavy atom. The molecule has 0 amide bonds. The van der Waals surface area contributed by atoms with Gasteiger partial charge in [0.1, 0.15) is 0 Å². The van der Waals surface area contributed by atoms with Crippen molar-refractivity contribution in [1.29, 1.82) is 0 Å². The molecule has 0 spiro atoms. The molecule has 1 rings (SSSR count). The van der Waals surface area contributed by atoms with E-state index >= 15 is 0 Å². The van der Waals surface area contributed by atoms with Crippen LogP contribution in [0.25, 0.3) is 0 Å². The van der Waals surface area contributed by atoms with Gasteiger partial charge in [-0.05, 0) is 12.9 Å². The van der Waals surface area contributed by atoms with E-state index in [1.54, 1.807) is 0 Å². The predicted octanol–water partition coefficient (Wildman–Crippen LogP) is -0.611. The molecule has 0 saturated heterocycles. The fourth-order valence-corrected chi connectivity index (χ4v) is 0.385. The molecule has 0 saturated carbocycles. The van der Waals surface area contributed by atoms with E-state index in [2.05, 4.69) is 21.7 Å². The SMILES string of the molecule is CBr.CN.[H-].[Li+].c1ccccc1. The van der Waals surface area contributed by atoms with E-state index in [0.29, 0.717) is 0 Å². The molecule has 0 heterocycles. The zero-order valence-electron chi connectivity index (χ0n) is 8.42. The van der Waals surface area contributed by atoms with Crippen molar-refractivity contribution in [2.45, 2.75) is 0 Å². The molecule has 1 aromatic carbocycles. The molecule has 2 N–H and O–H groups in total. The van der Waals surface area contributed by atoms with E-state index in [-0.39, 0.29) is 20.3 Å². The number of hydrogen-bond donors (Lipinski definition) is 1. The van der Waals surface area contributed by atoms with Crippen LogP contribution in [0.3, 0.4) is 0 Å². The maximum absolute atomic E-state index is 4.50. The molecule has 0 aliphatic rings. The second kappa shape index (κ2) is 22.5. The minimum absolute atomic E-state index is 0. The molecular formula is C8H15BrLiN. The molecule has 0 unspecified atom stereocenters. The third-order valence-electron chi connectivity index (χ3n) is 0.667. The largest absolute Gasteiger partial charge is 1.00 e. The van der Waals surface area contributed by atoms with Crippen LogP contribution < -0.4 is 24.6 Å². The molecule has 0 aromatic heterocycles. The summed E-state index contributed by atoms with van der Waals surface area (Å²) in [5.41, 5.74) is 4.50. The van der Waals surface area contributed by atoms with Gasteiger partial charge in [-0.15, -0.1) is 0 Å². The Morgan fingerprint density at radius 3 is 1.00 bits per heavy atom. The molecule has 60 valence electrons. The standard InChI is InChI=1S/C6H6.CH3Br.CH5N.Li.H/c1-2-4-6-5-3-1;2*1-2;;/h1-6H;1H3;2H2,1H3;;/q;;;+1;-1. The van der Waals surface area contributed by atoms with Crippen LogP contribution in [0, 0.1) is 0 Å². The van der Waals surface area contributed by atoms with E-state index in [4.69, 9.17) is 0 Å². The molecule has 0 bridgehead atoms. The van der Waals surface area contributed by atoms with Crippen LogP contribution >= 0.6 is 15.9 Å². The van der Waals surface area contributed by atoms with Gasteiger partial charge in [0.25, 0.3) is 0 Å². The van der Waals surface area contributed by atoms with Crippen LogP contribution in [0.15, 0.2) is 36.4 Å². The Balaban J connectivity index is -0.0000000480. The van der Waals surface area contributed by atoms with Gasteiger partial charge < -0.3 is 7.16 Å². The summed E-state index contributed by atoms with van der Waals surface area (Å²) < 4.78 is 0. The Labute approximate surface area is 91.2 Å². The fourth-order valence-electron chi connectivity index (χ4n) is 0.385. The number of rotatable bonds is 0. The van der Waals surface area contributed by atoms with Crippen LogP contribution in [0.4, 0.5) is 0 Å². The first kappa shape index (κ1) is 17.4. The fraction of sp³-hybridized carbons (Fsp3) is 0.250. The monoisotopic (exact) mass is 211 g/mol. The number of hydrogen-bond acceptors (Lipinski definition) is 1. The minimum Gasteiger partial charge on any atom is -1.00 e. The van der Waals surface area contributed by atoms with Crippen molar-refractivity contribution in [3.8, 4) is 0 Å². The zero-order valence-corrected chi connectivity index (χ0v) is 9.01. The van der Waals surface area contributed by atoms with Crippen molar-refractivity contribution in [2.24, 2.45) is 5.73 Å². The Morgan fingerprint density at radius 1 is 0.818 bits per heavy atom. The van der Waals surface area contributed by atoms with Gasteiger partial charge in [0.2, 0.25) is 0 Å². The Bertz CT molecular complexity index is 91.0. The number of halogens is 1. The van der Waals surface area contributed by atoms with Gasteiger partial charge in [0, 0.05) is 0 Å². The molecule has 0 fully saturated rings. The van der Waals surface area contributed by atoms with Gasteiger partial charge in [-0.3, -0.25) is 0 Å². The first-order chi connectivity index (χ1) is 5.00. The molecule has 0 aliphatic heterocycles. The first-order valence-electron chi connectivity index (χ1n) is 2.96. The summed E-state index contributed by atoms with van der Waals surface area (Å²) in [6.45, 7) is 0. The van der Waals surface area contributed by atoms with Crippen molar-refractivity contribution in [3.63, 3.8) is 0 Å². The van der Waals surface area contributed by atoms with E-state index in [0.717, 1.165) is 0 Å². The molecular weight excluding hydrogens is 197 g/mol. The van der Waals surface area contributed by atoms with E-state index < -0.39 is 0 Å². The van der Waals surface area contributed by atoms with Gasteiger partial charge in [-0.25, -0.2) is 0 Å². The average molecular weight is 212 g/mol. The van der Waals surface area contributed by atoms with Crippen LogP contribution in [-0.2, 0) is 0 Å². The van der Waals surface area contributed by atoms with E-state index in [1.165, 1.54) is 7.05 Å². The van der Waals surface area contributed by atoms with Gasteiger partial charge in [-0.2, -0.15) is 0 Å². The second-order valence-corrected chi connectivity index (χ2v) is 1.15. The first-order valence-corrected chi connectivity index (χ1v) is 4.54. The smallest absolute Gasteiger partial charge is 1.00 e. The van der Waals surface area contributed by atoms with Crippen LogP contribution in [0.2, 0.25) is 0 Å². The normalized spacial score (nSPS) is 5.45. The molecule has 11 heavy (non-hydrogen) atoms. The summed E-state index contributed by atoms with van der Waals surface area (Å²) in [7, 11) is 1.50. The summed E-state index contributed by atoms with van der Waals surface area (Å²) in [6.07, 6.45) is 0. The van der Waals surface area contributed by atoms with E-state index in [9.17, 15) is 0 Å².